The molecule has 1 aromatic carbocycles. The van der Waals surface area contributed by atoms with Crippen LogP contribution in [0.15, 0.2) is 24.3 Å². The summed E-state index contributed by atoms with van der Waals surface area (Å²) in [5.41, 5.74) is 1.19. The summed E-state index contributed by atoms with van der Waals surface area (Å²) < 4.78 is 5.25. The van der Waals surface area contributed by atoms with Crippen molar-refractivity contribution in [3.8, 4) is 5.75 Å². The average molecular weight is 344 g/mol. The van der Waals surface area contributed by atoms with Crippen molar-refractivity contribution in [3.05, 3.63) is 29.8 Å². The van der Waals surface area contributed by atoms with Gasteiger partial charge in [0.2, 0.25) is 5.91 Å². The van der Waals surface area contributed by atoms with Crippen molar-refractivity contribution >= 4 is 5.91 Å². The second-order valence-electron chi connectivity index (χ2n) is 7.60. The van der Waals surface area contributed by atoms with Gasteiger partial charge in [0.05, 0.1) is 7.11 Å². The Hall–Kier alpha value is -1.55. The van der Waals surface area contributed by atoms with Gasteiger partial charge in [0.25, 0.3) is 0 Å². The van der Waals surface area contributed by atoms with Gasteiger partial charge in [-0.15, -0.1) is 0 Å². The van der Waals surface area contributed by atoms with E-state index in [1.54, 1.807) is 7.11 Å². The number of nitrogens with one attached hydrogen (secondary N) is 1. The van der Waals surface area contributed by atoms with Crippen LogP contribution in [0.2, 0.25) is 0 Å². The van der Waals surface area contributed by atoms with Gasteiger partial charge in [0.15, 0.2) is 0 Å². The molecule has 1 amide bonds. The summed E-state index contributed by atoms with van der Waals surface area (Å²) in [6, 6.07) is 8.15. The highest BCUT2D eigenvalue weighted by Gasteiger charge is 2.28. The van der Waals surface area contributed by atoms with Crippen LogP contribution in [0.4, 0.5) is 0 Å². The molecule has 0 bridgehead atoms. The van der Waals surface area contributed by atoms with Crippen molar-refractivity contribution < 1.29 is 9.53 Å². The van der Waals surface area contributed by atoms with Crippen molar-refractivity contribution in [1.82, 2.24) is 10.2 Å². The quantitative estimate of drug-likeness (QED) is 0.857. The molecule has 3 rings (SSSR count). The van der Waals surface area contributed by atoms with Gasteiger partial charge in [-0.3, -0.25) is 4.79 Å². The monoisotopic (exact) mass is 344 g/mol. The molecule has 0 atom stereocenters. The third-order valence-corrected chi connectivity index (χ3v) is 5.74. The predicted octanol–water partition coefficient (Wildman–Crippen LogP) is 3.60. The van der Waals surface area contributed by atoms with E-state index in [0.29, 0.717) is 11.8 Å². The van der Waals surface area contributed by atoms with E-state index in [1.807, 2.05) is 12.1 Å². The molecule has 1 aromatic rings. The van der Waals surface area contributed by atoms with Gasteiger partial charge in [-0.2, -0.15) is 0 Å². The van der Waals surface area contributed by atoms with Gasteiger partial charge in [-0.25, -0.2) is 0 Å². The molecule has 25 heavy (non-hydrogen) atoms. The number of benzene rings is 1. The Morgan fingerprint density at radius 2 is 1.76 bits per heavy atom. The van der Waals surface area contributed by atoms with Crippen LogP contribution in [-0.4, -0.2) is 37.6 Å². The Labute approximate surface area is 151 Å². The number of hydrogen-bond donors (Lipinski definition) is 1. The molecule has 2 aliphatic rings. The minimum absolute atomic E-state index is 0.244. The molecule has 1 saturated heterocycles. The predicted molar refractivity (Wildman–Crippen MR) is 101 cm³/mol. The molecule has 4 heteroatoms. The fourth-order valence-electron chi connectivity index (χ4n) is 4.17. The van der Waals surface area contributed by atoms with Crippen LogP contribution in [-0.2, 0) is 11.3 Å². The summed E-state index contributed by atoms with van der Waals surface area (Å²) in [5, 5.41) is 3.43. The number of piperidine rings is 1. The lowest BCUT2D eigenvalue weighted by Gasteiger charge is -2.33. The summed E-state index contributed by atoms with van der Waals surface area (Å²) in [7, 11) is 1.69. The van der Waals surface area contributed by atoms with Crippen LogP contribution in [0.5, 0.6) is 5.75 Å². The number of nitrogens with zero attached hydrogens (tertiary/aromatic N) is 1. The van der Waals surface area contributed by atoms with Crippen molar-refractivity contribution in [1.29, 1.82) is 0 Å². The molecule has 0 aromatic heterocycles. The van der Waals surface area contributed by atoms with Crippen molar-refractivity contribution in [2.75, 3.05) is 26.7 Å². The summed E-state index contributed by atoms with van der Waals surface area (Å²) in [6.45, 7) is 3.80. The fourth-order valence-corrected chi connectivity index (χ4v) is 4.17. The van der Waals surface area contributed by atoms with Crippen LogP contribution < -0.4 is 10.1 Å². The molecular weight excluding hydrogens is 312 g/mol. The van der Waals surface area contributed by atoms with Crippen LogP contribution in [0.1, 0.15) is 50.5 Å². The minimum atomic E-state index is 0.244. The summed E-state index contributed by atoms with van der Waals surface area (Å²) in [6.07, 6.45) is 8.21. The smallest absolute Gasteiger partial charge is 0.225 e. The van der Waals surface area contributed by atoms with Gasteiger partial charge >= 0.3 is 0 Å². The maximum absolute atomic E-state index is 13.2. The first-order valence-electron chi connectivity index (χ1n) is 9.88. The molecule has 4 nitrogen and oxygen atoms in total. The van der Waals surface area contributed by atoms with Crippen molar-refractivity contribution in [3.63, 3.8) is 0 Å². The molecule has 138 valence electrons. The van der Waals surface area contributed by atoms with Gasteiger partial charge in [0, 0.05) is 19.0 Å². The Kier molecular flexibility index (Phi) is 6.74. The number of ether oxygens (including phenoxy) is 1. The number of amides is 1. The number of hydrogen-bond acceptors (Lipinski definition) is 3. The lowest BCUT2D eigenvalue weighted by Crippen LogP contribution is -2.42. The number of carbonyl (C=O) groups is 1. The summed E-state index contributed by atoms with van der Waals surface area (Å²) in [4.78, 5) is 15.3. The zero-order valence-electron chi connectivity index (χ0n) is 15.5. The first kappa shape index (κ1) is 18.2. The molecule has 0 radical (unpaired) electrons. The number of methoxy groups -OCH3 is 1. The summed E-state index contributed by atoms with van der Waals surface area (Å²) >= 11 is 0. The maximum Gasteiger partial charge on any atom is 0.225 e. The maximum atomic E-state index is 13.2. The first-order valence-corrected chi connectivity index (χ1v) is 9.88. The van der Waals surface area contributed by atoms with Crippen LogP contribution in [0.25, 0.3) is 0 Å². The van der Waals surface area contributed by atoms with Crippen molar-refractivity contribution in [2.24, 2.45) is 11.8 Å². The van der Waals surface area contributed by atoms with Crippen LogP contribution in [0.3, 0.4) is 0 Å². The van der Waals surface area contributed by atoms with E-state index in [-0.39, 0.29) is 5.92 Å². The van der Waals surface area contributed by atoms with Crippen LogP contribution >= 0.6 is 0 Å². The number of carbonyl (C=O) groups excluding carboxylic acids is 1. The third kappa shape index (κ3) is 5.21. The molecule has 1 N–H and O–H groups in total. The van der Waals surface area contributed by atoms with E-state index in [4.69, 9.17) is 4.74 Å². The molecule has 0 spiro atoms. The largest absolute Gasteiger partial charge is 0.497 e. The Morgan fingerprint density at radius 1 is 1.08 bits per heavy atom. The first-order chi connectivity index (χ1) is 12.3. The zero-order valence-corrected chi connectivity index (χ0v) is 15.5. The Morgan fingerprint density at radius 3 is 2.40 bits per heavy atom. The molecule has 1 aliphatic carbocycles. The zero-order chi connectivity index (χ0) is 17.5. The van der Waals surface area contributed by atoms with E-state index >= 15 is 0 Å². The van der Waals surface area contributed by atoms with Crippen molar-refractivity contribution in [2.45, 2.75) is 51.5 Å². The molecule has 1 saturated carbocycles. The van der Waals surface area contributed by atoms with Gasteiger partial charge in [-0.05, 0) is 62.4 Å². The molecular formula is C21H32N2O2. The fraction of sp³-hybridized carbons (Fsp3) is 0.667. The minimum Gasteiger partial charge on any atom is -0.497 e. The average Bonchev–Trinajstić information content (AvgIpc) is 2.69. The second-order valence-corrected chi connectivity index (χ2v) is 7.60. The molecule has 1 heterocycles. The SMILES string of the molecule is COc1ccc(CN(CC2CCNCC2)C(=O)C2CCCCC2)cc1. The molecule has 0 unspecified atom stereocenters. The molecule has 2 fully saturated rings. The molecule has 1 aliphatic heterocycles. The highest BCUT2D eigenvalue weighted by Crippen LogP contribution is 2.27. The van der Waals surface area contributed by atoms with Gasteiger partial charge in [-0.1, -0.05) is 31.4 Å². The Balaban J connectivity index is 1.68. The highest BCUT2D eigenvalue weighted by molar-refractivity contribution is 5.79. The number of rotatable bonds is 6. The third-order valence-electron chi connectivity index (χ3n) is 5.74. The topological polar surface area (TPSA) is 41.6 Å². The summed E-state index contributed by atoms with van der Waals surface area (Å²) in [5.74, 6) is 2.13. The second kappa shape index (κ2) is 9.23. The van der Waals surface area contributed by atoms with E-state index in [9.17, 15) is 4.79 Å². The Bertz CT molecular complexity index is 531. The normalized spacial score (nSPS) is 19.6. The van der Waals surface area contributed by atoms with Gasteiger partial charge < -0.3 is 15.0 Å². The standard InChI is InChI=1S/C21H32N2O2/c1-25-20-9-7-17(8-10-20)15-23(16-18-11-13-22-14-12-18)21(24)19-5-3-2-4-6-19/h7-10,18-19,22H,2-6,11-16H2,1H3. The van der Waals surface area contributed by atoms with E-state index in [0.717, 1.165) is 44.8 Å². The van der Waals surface area contributed by atoms with E-state index < -0.39 is 0 Å². The lowest BCUT2D eigenvalue weighted by molar-refractivity contribution is -0.138. The lowest BCUT2D eigenvalue weighted by atomic mass is 9.87. The van der Waals surface area contributed by atoms with Crippen LogP contribution in [0, 0.1) is 11.8 Å². The van der Waals surface area contributed by atoms with Gasteiger partial charge in [0.1, 0.15) is 5.75 Å². The van der Waals surface area contributed by atoms with E-state index in [2.05, 4.69) is 22.3 Å². The highest BCUT2D eigenvalue weighted by atomic mass is 16.5. The van der Waals surface area contributed by atoms with E-state index in [1.165, 1.54) is 37.7 Å².